The molecule has 0 spiro atoms. The number of pyridine rings is 1. The molecular formula is C20H20ClFN6S. The number of aromatic nitrogens is 3. The summed E-state index contributed by atoms with van der Waals surface area (Å²) in [6, 6.07) is 12.4. The minimum atomic E-state index is -0.448. The van der Waals surface area contributed by atoms with Crippen LogP contribution in [-0.4, -0.2) is 47.4 Å². The Morgan fingerprint density at radius 2 is 1.76 bits per heavy atom. The van der Waals surface area contributed by atoms with Crippen LogP contribution in [0.1, 0.15) is 0 Å². The lowest BCUT2D eigenvalue weighted by atomic mass is 10.3. The van der Waals surface area contributed by atoms with Crippen LogP contribution in [0.25, 0.3) is 0 Å². The van der Waals surface area contributed by atoms with Gasteiger partial charge in [0.15, 0.2) is 5.16 Å². The molecule has 1 aliphatic heterocycles. The second-order valence-corrected chi connectivity index (χ2v) is 7.69. The molecular weight excluding hydrogens is 411 g/mol. The van der Waals surface area contributed by atoms with Gasteiger partial charge in [-0.3, -0.25) is 0 Å². The molecule has 1 aliphatic rings. The van der Waals surface area contributed by atoms with Gasteiger partial charge in [0, 0.05) is 44.1 Å². The lowest BCUT2D eigenvalue weighted by molar-refractivity contribution is 0.628. The van der Waals surface area contributed by atoms with Gasteiger partial charge in [-0.2, -0.15) is 0 Å². The second kappa shape index (κ2) is 8.84. The Bertz CT molecular complexity index is 982. The van der Waals surface area contributed by atoms with Crippen LogP contribution in [0.4, 0.5) is 27.5 Å². The molecule has 1 saturated heterocycles. The Labute approximate surface area is 178 Å². The molecule has 6 nitrogen and oxygen atoms in total. The van der Waals surface area contributed by atoms with Crippen LogP contribution in [0.3, 0.4) is 0 Å². The first-order valence-electron chi connectivity index (χ1n) is 9.18. The van der Waals surface area contributed by atoms with E-state index in [9.17, 15) is 4.39 Å². The summed E-state index contributed by atoms with van der Waals surface area (Å²) in [6.45, 7) is 3.41. The highest BCUT2D eigenvalue weighted by Crippen LogP contribution is 2.26. The summed E-state index contributed by atoms with van der Waals surface area (Å²) < 4.78 is 13.4. The maximum atomic E-state index is 13.4. The van der Waals surface area contributed by atoms with Crippen LogP contribution in [0.2, 0.25) is 5.02 Å². The van der Waals surface area contributed by atoms with E-state index in [2.05, 4.69) is 30.1 Å². The van der Waals surface area contributed by atoms with Crippen LogP contribution in [0.15, 0.2) is 53.8 Å². The first-order valence-corrected chi connectivity index (χ1v) is 10.8. The Kier molecular flexibility index (Phi) is 6.01. The van der Waals surface area contributed by atoms with Gasteiger partial charge in [-0.1, -0.05) is 29.4 Å². The summed E-state index contributed by atoms with van der Waals surface area (Å²) in [5.74, 6) is 2.06. The van der Waals surface area contributed by atoms with E-state index < -0.39 is 5.82 Å². The fraction of sp³-hybridized carbons (Fsp3) is 0.250. The summed E-state index contributed by atoms with van der Waals surface area (Å²) in [5, 5.41) is 3.94. The van der Waals surface area contributed by atoms with E-state index in [0.29, 0.717) is 16.7 Å². The van der Waals surface area contributed by atoms with Gasteiger partial charge < -0.3 is 15.1 Å². The summed E-state index contributed by atoms with van der Waals surface area (Å²) in [5.41, 5.74) is 0.674. The van der Waals surface area contributed by atoms with E-state index in [1.165, 1.54) is 17.8 Å². The molecule has 0 bridgehead atoms. The van der Waals surface area contributed by atoms with Gasteiger partial charge in [-0.25, -0.2) is 19.3 Å². The highest BCUT2D eigenvalue weighted by molar-refractivity contribution is 7.98. The second-order valence-electron chi connectivity index (χ2n) is 6.51. The Morgan fingerprint density at radius 1 is 1.00 bits per heavy atom. The van der Waals surface area contributed by atoms with Crippen molar-refractivity contribution in [3.63, 3.8) is 0 Å². The maximum absolute atomic E-state index is 13.4. The molecule has 29 heavy (non-hydrogen) atoms. The monoisotopic (exact) mass is 430 g/mol. The topological polar surface area (TPSA) is 57.2 Å². The van der Waals surface area contributed by atoms with Crippen LogP contribution >= 0.6 is 23.4 Å². The predicted molar refractivity (Wildman–Crippen MR) is 117 cm³/mol. The summed E-state index contributed by atoms with van der Waals surface area (Å²) in [4.78, 5) is 18.1. The molecule has 0 unspecified atom stereocenters. The zero-order valence-corrected chi connectivity index (χ0v) is 17.4. The molecule has 2 aromatic heterocycles. The van der Waals surface area contributed by atoms with Crippen molar-refractivity contribution in [3.05, 3.63) is 59.5 Å². The minimum Gasteiger partial charge on any atom is -0.353 e. The number of nitrogens with zero attached hydrogens (tertiary/aromatic N) is 5. The molecule has 0 amide bonds. The SMILES string of the molecule is CSc1nc(Nc2ccc(F)c(Cl)c2)cc(N2CCN(c3ccccn3)CC2)n1. The molecule has 1 fully saturated rings. The predicted octanol–water partition coefficient (Wildman–Crippen LogP) is 4.46. The van der Waals surface area contributed by atoms with Crippen molar-refractivity contribution in [1.82, 2.24) is 15.0 Å². The van der Waals surface area contributed by atoms with E-state index in [1.54, 1.807) is 12.1 Å². The standard InChI is InChI=1S/C20H20ClFN6S/c1-29-20-25-17(24-14-5-6-16(22)15(21)12-14)13-19(26-20)28-10-8-27(9-11-28)18-4-2-3-7-23-18/h2-7,12-13H,8-11H2,1H3,(H,24,25,26). The summed E-state index contributed by atoms with van der Waals surface area (Å²) in [7, 11) is 0. The van der Waals surface area contributed by atoms with Crippen molar-refractivity contribution in [1.29, 1.82) is 0 Å². The van der Waals surface area contributed by atoms with Gasteiger partial charge in [-0.15, -0.1) is 0 Å². The average Bonchev–Trinajstić information content (AvgIpc) is 2.77. The number of thioether (sulfide) groups is 1. The van der Waals surface area contributed by atoms with Gasteiger partial charge in [0.2, 0.25) is 0 Å². The fourth-order valence-electron chi connectivity index (χ4n) is 3.16. The molecule has 0 saturated carbocycles. The lowest BCUT2D eigenvalue weighted by Gasteiger charge is -2.36. The van der Waals surface area contributed by atoms with Gasteiger partial charge in [0.1, 0.15) is 23.3 Å². The molecule has 0 radical (unpaired) electrons. The van der Waals surface area contributed by atoms with Crippen LogP contribution in [0, 0.1) is 5.82 Å². The number of halogens is 2. The van der Waals surface area contributed by atoms with Crippen molar-refractivity contribution in [2.24, 2.45) is 0 Å². The molecule has 0 atom stereocenters. The molecule has 0 aliphatic carbocycles. The van der Waals surface area contributed by atoms with Crippen LogP contribution in [-0.2, 0) is 0 Å². The number of rotatable bonds is 5. The van der Waals surface area contributed by atoms with Gasteiger partial charge >= 0.3 is 0 Å². The van der Waals surface area contributed by atoms with Gasteiger partial charge in [-0.05, 0) is 36.6 Å². The van der Waals surface area contributed by atoms with Crippen molar-refractivity contribution >= 4 is 46.5 Å². The number of anilines is 4. The van der Waals surface area contributed by atoms with E-state index in [-0.39, 0.29) is 5.02 Å². The smallest absolute Gasteiger partial charge is 0.191 e. The number of nitrogens with one attached hydrogen (secondary N) is 1. The highest BCUT2D eigenvalue weighted by Gasteiger charge is 2.20. The number of benzene rings is 1. The van der Waals surface area contributed by atoms with Crippen LogP contribution in [0.5, 0.6) is 0 Å². The maximum Gasteiger partial charge on any atom is 0.191 e. The van der Waals surface area contributed by atoms with E-state index in [4.69, 9.17) is 11.6 Å². The van der Waals surface area contributed by atoms with Crippen molar-refractivity contribution in [2.45, 2.75) is 5.16 Å². The van der Waals surface area contributed by atoms with Gasteiger partial charge in [0.05, 0.1) is 5.02 Å². The van der Waals surface area contributed by atoms with Crippen LogP contribution < -0.4 is 15.1 Å². The normalized spacial score (nSPS) is 14.2. The third kappa shape index (κ3) is 4.71. The molecule has 1 aromatic carbocycles. The number of hydrogen-bond acceptors (Lipinski definition) is 7. The lowest BCUT2D eigenvalue weighted by Crippen LogP contribution is -2.47. The molecule has 4 rings (SSSR count). The molecule has 3 aromatic rings. The van der Waals surface area contributed by atoms with Gasteiger partial charge in [0.25, 0.3) is 0 Å². The third-order valence-electron chi connectivity index (χ3n) is 4.64. The van der Waals surface area contributed by atoms with E-state index >= 15 is 0 Å². The first kappa shape index (κ1) is 19.7. The first-order chi connectivity index (χ1) is 14.1. The zero-order chi connectivity index (χ0) is 20.2. The highest BCUT2D eigenvalue weighted by atomic mass is 35.5. The number of hydrogen-bond donors (Lipinski definition) is 1. The largest absolute Gasteiger partial charge is 0.353 e. The van der Waals surface area contributed by atoms with E-state index in [1.807, 2.05) is 36.7 Å². The zero-order valence-electron chi connectivity index (χ0n) is 15.8. The van der Waals surface area contributed by atoms with Crippen molar-refractivity contribution < 1.29 is 4.39 Å². The minimum absolute atomic E-state index is 0.0695. The quantitative estimate of drug-likeness (QED) is 0.473. The number of piperazine rings is 1. The Balaban J connectivity index is 1.50. The summed E-state index contributed by atoms with van der Waals surface area (Å²) >= 11 is 7.37. The molecule has 3 heterocycles. The molecule has 150 valence electrons. The van der Waals surface area contributed by atoms with Crippen molar-refractivity contribution in [2.75, 3.05) is 47.6 Å². The molecule has 9 heteroatoms. The van der Waals surface area contributed by atoms with E-state index in [0.717, 1.165) is 37.8 Å². The molecule has 1 N–H and O–H groups in total. The van der Waals surface area contributed by atoms with Crippen molar-refractivity contribution in [3.8, 4) is 0 Å². The third-order valence-corrected chi connectivity index (χ3v) is 5.48. The average molecular weight is 431 g/mol. The summed E-state index contributed by atoms with van der Waals surface area (Å²) in [6.07, 6.45) is 3.76. The Morgan fingerprint density at radius 3 is 2.41 bits per heavy atom. The Hall–Kier alpha value is -2.58. The fourth-order valence-corrected chi connectivity index (χ4v) is 3.71.